The van der Waals surface area contributed by atoms with Gasteiger partial charge >= 0.3 is 5.97 Å². The zero-order valence-electron chi connectivity index (χ0n) is 13.6. The van der Waals surface area contributed by atoms with Crippen LogP contribution < -0.4 is 5.32 Å². The third-order valence-corrected chi connectivity index (χ3v) is 3.94. The van der Waals surface area contributed by atoms with Gasteiger partial charge in [-0.2, -0.15) is 0 Å². The van der Waals surface area contributed by atoms with Crippen molar-refractivity contribution in [2.24, 2.45) is 0 Å². The minimum absolute atomic E-state index is 0.283. The number of rotatable bonds is 4. The van der Waals surface area contributed by atoms with Gasteiger partial charge in [0.05, 0.1) is 0 Å². The van der Waals surface area contributed by atoms with Crippen molar-refractivity contribution in [3.05, 3.63) is 30.1 Å². The second kappa shape index (κ2) is 7.25. The van der Waals surface area contributed by atoms with Gasteiger partial charge in [0.1, 0.15) is 5.82 Å². The average Bonchev–Trinajstić information content (AvgIpc) is 2.82. The molecule has 2 heterocycles. The maximum atomic E-state index is 11.6. The molecule has 0 radical (unpaired) electrons. The average molecular weight is 328 g/mol. The lowest BCUT2D eigenvalue weighted by atomic mass is 10.2. The summed E-state index contributed by atoms with van der Waals surface area (Å²) in [5.74, 6) is 1.06. The quantitative estimate of drug-likeness (QED) is 0.869. The largest absolute Gasteiger partial charge is 0.456 e. The van der Waals surface area contributed by atoms with Crippen molar-refractivity contribution in [3.8, 4) is 11.4 Å². The Hall–Kier alpha value is -2.70. The minimum Gasteiger partial charge on any atom is -0.456 e. The molecule has 1 aliphatic heterocycles. The number of amides is 1. The lowest BCUT2D eigenvalue weighted by Gasteiger charge is -2.08. The van der Waals surface area contributed by atoms with Crippen LogP contribution in [-0.4, -0.2) is 33.2 Å². The van der Waals surface area contributed by atoms with E-state index in [4.69, 9.17) is 0 Å². The van der Waals surface area contributed by atoms with Crippen LogP contribution in [0.25, 0.3) is 11.4 Å². The van der Waals surface area contributed by atoms with Crippen LogP contribution in [0.2, 0.25) is 0 Å². The lowest BCUT2D eigenvalue weighted by molar-refractivity contribution is -0.144. The molecule has 0 unspecified atom stereocenters. The molecule has 7 nitrogen and oxygen atoms in total. The molecule has 0 spiro atoms. The highest BCUT2D eigenvalue weighted by molar-refractivity contribution is 5.92. The number of anilines is 1. The number of aryl methyl sites for hydroxylation is 1. The van der Waals surface area contributed by atoms with Crippen molar-refractivity contribution in [3.63, 3.8) is 0 Å². The lowest BCUT2D eigenvalue weighted by Crippen LogP contribution is -2.19. The van der Waals surface area contributed by atoms with E-state index in [1.165, 1.54) is 13.3 Å². The molecule has 1 aliphatic rings. The Morgan fingerprint density at radius 2 is 1.96 bits per heavy atom. The van der Waals surface area contributed by atoms with Gasteiger partial charge in [-0.3, -0.25) is 9.59 Å². The fraction of sp³-hybridized carbons (Fsp3) is 0.412. The van der Waals surface area contributed by atoms with E-state index in [-0.39, 0.29) is 12.5 Å². The van der Waals surface area contributed by atoms with Crippen LogP contribution in [0.3, 0.4) is 0 Å². The van der Waals surface area contributed by atoms with E-state index in [1.54, 1.807) is 12.1 Å². The number of hydrogen-bond acceptors (Lipinski definition) is 5. The first kappa shape index (κ1) is 16.2. The Kier molecular flexibility index (Phi) is 4.88. The fourth-order valence-electron chi connectivity index (χ4n) is 2.77. The molecule has 126 valence electrons. The van der Waals surface area contributed by atoms with Crippen LogP contribution in [0.4, 0.5) is 5.69 Å². The van der Waals surface area contributed by atoms with E-state index >= 15 is 0 Å². The molecule has 1 N–H and O–H groups in total. The number of esters is 1. The highest BCUT2D eigenvalue weighted by atomic mass is 16.5. The molecule has 0 atom stereocenters. The molecule has 2 aromatic rings. The molecule has 0 bridgehead atoms. The van der Waals surface area contributed by atoms with E-state index in [0.717, 1.165) is 43.0 Å². The van der Waals surface area contributed by atoms with Gasteiger partial charge in [0.15, 0.2) is 12.4 Å². The number of benzene rings is 1. The third-order valence-electron chi connectivity index (χ3n) is 3.94. The van der Waals surface area contributed by atoms with Crippen molar-refractivity contribution >= 4 is 17.6 Å². The van der Waals surface area contributed by atoms with Gasteiger partial charge in [0.25, 0.3) is 5.91 Å². The third kappa shape index (κ3) is 3.79. The van der Waals surface area contributed by atoms with Gasteiger partial charge in [0.2, 0.25) is 0 Å². The number of nitrogens with one attached hydrogen (secondary N) is 1. The topological polar surface area (TPSA) is 86.1 Å². The molecule has 0 fully saturated rings. The van der Waals surface area contributed by atoms with Crippen LogP contribution in [0.15, 0.2) is 24.3 Å². The number of carbonyl (C=O) groups excluding carboxylic acids is 2. The summed E-state index contributed by atoms with van der Waals surface area (Å²) < 4.78 is 6.84. The highest BCUT2D eigenvalue weighted by Crippen LogP contribution is 2.23. The van der Waals surface area contributed by atoms with Gasteiger partial charge in [0, 0.05) is 31.1 Å². The molecule has 0 saturated carbocycles. The number of nitrogens with zero attached hydrogens (tertiary/aromatic N) is 3. The van der Waals surface area contributed by atoms with Gasteiger partial charge in [-0.1, -0.05) is 6.42 Å². The Labute approximate surface area is 140 Å². The molecule has 1 amide bonds. The van der Waals surface area contributed by atoms with Gasteiger partial charge < -0.3 is 14.6 Å². The summed E-state index contributed by atoms with van der Waals surface area (Å²) >= 11 is 0. The molecule has 0 aliphatic carbocycles. The molecule has 24 heavy (non-hydrogen) atoms. The summed E-state index contributed by atoms with van der Waals surface area (Å²) in [5, 5.41) is 11.3. The van der Waals surface area contributed by atoms with Crippen LogP contribution >= 0.6 is 0 Å². The number of ether oxygens (including phenoxy) is 1. The summed E-state index contributed by atoms with van der Waals surface area (Å²) in [6.07, 6.45) is 4.49. The zero-order valence-corrected chi connectivity index (χ0v) is 13.6. The highest BCUT2D eigenvalue weighted by Gasteiger charge is 2.16. The maximum absolute atomic E-state index is 11.6. The monoisotopic (exact) mass is 328 g/mol. The van der Waals surface area contributed by atoms with E-state index in [9.17, 15) is 9.59 Å². The number of aromatic nitrogens is 3. The van der Waals surface area contributed by atoms with Crippen LogP contribution in [0.1, 0.15) is 32.0 Å². The minimum atomic E-state index is -0.479. The number of hydrogen-bond donors (Lipinski definition) is 1. The second-order valence-electron chi connectivity index (χ2n) is 5.81. The first-order chi connectivity index (χ1) is 11.6. The van der Waals surface area contributed by atoms with E-state index in [0.29, 0.717) is 5.69 Å². The number of fused-ring (bicyclic) bond motifs is 1. The van der Waals surface area contributed by atoms with Crippen LogP contribution in [0.5, 0.6) is 0 Å². The van der Waals surface area contributed by atoms with Crippen molar-refractivity contribution in [2.75, 3.05) is 11.9 Å². The van der Waals surface area contributed by atoms with Crippen molar-refractivity contribution in [1.82, 2.24) is 14.8 Å². The SMILES string of the molecule is CC(=O)OCC(=O)Nc1ccc(-c2nnc3n2CCCCC3)cc1. The first-order valence-corrected chi connectivity index (χ1v) is 8.09. The predicted octanol–water partition coefficient (Wildman–Crippen LogP) is 2.17. The first-order valence-electron chi connectivity index (χ1n) is 8.09. The molecular formula is C17H20N4O3. The molecule has 3 rings (SSSR count). The van der Waals surface area contributed by atoms with E-state index in [2.05, 4.69) is 24.8 Å². The van der Waals surface area contributed by atoms with Crippen LogP contribution in [0, 0.1) is 0 Å². The number of carbonyl (C=O) groups is 2. The molecule has 7 heteroatoms. The Morgan fingerprint density at radius 3 is 2.71 bits per heavy atom. The Balaban J connectivity index is 1.70. The molecule has 1 aromatic carbocycles. The Morgan fingerprint density at radius 1 is 1.17 bits per heavy atom. The second-order valence-corrected chi connectivity index (χ2v) is 5.81. The Bertz CT molecular complexity index is 737. The van der Waals surface area contributed by atoms with Crippen molar-refractivity contribution in [1.29, 1.82) is 0 Å². The fourth-order valence-corrected chi connectivity index (χ4v) is 2.77. The van der Waals surface area contributed by atoms with Crippen LogP contribution in [-0.2, 0) is 27.3 Å². The molecule has 1 aromatic heterocycles. The smallest absolute Gasteiger partial charge is 0.303 e. The van der Waals surface area contributed by atoms with E-state index in [1.807, 2.05) is 12.1 Å². The zero-order chi connectivity index (χ0) is 16.9. The van der Waals surface area contributed by atoms with Crippen molar-refractivity contribution in [2.45, 2.75) is 39.2 Å². The molecular weight excluding hydrogens is 308 g/mol. The summed E-state index contributed by atoms with van der Waals surface area (Å²) in [7, 11) is 0. The summed E-state index contributed by atoms with van der Waals surface area (Å²) in [4.78, 5) is 22.3. The maximum Gasteiger partial charge on any atom is 0.303 e. The van der Waals surface area contributed by atoms with Gasteiger partial charge in [-0.25, -0.2) is 0 Å². The standard InChI is InChI=1S/C17H20N4O3/c1-12(22)24-11-16(23)18-14-8-6-13(7-9-14)17-20-19-15-5-3-2-4-10-21(15)17/h6-9H,2-5,10-11H2,1H3,(H,18,23). The van der Waals surface area contributed by atoms with Gasteiger partial charge in [-0.05, 0) is 37.1 Å². The van der Waals surface area contributed by atoms with Gasteiger partial charge in [-0.15, -0.1) is 10.2 Å². The normalized spacial score (nSPS) is 13.7. The summed E-state index contributed by atoms with van der Waals surface area (Å²) in [5.41, 5.74) is 1.61. The molecule has 0 saturated heterocycles. The van der Waals surface area contributed by atoms with E-state index < -0.39 is 5.97 Å². The summed E-state index contributed by atoms with van der Waals surface area (Å²) in [6.45, 7) is 1.93. The summed E-state index contributed by atoms with van der Waals surface area (Å²) in [6, 6.07) is 7.42. The predicted molar refractivity (Wildman–Crippen MR) is 88.3 cm³/mol. The van der Waals surface area contributed by atoms with Crippen molar-refractivity contribution < 1.29 is 14.3 Å².